The SMILES string of the molecule is CO[C@H]1CCN(c2ccc(N)nc2C#N)C1. The lowest BCUT2D eigenvalue weighted by Gasteiger charge is -2.19. The first-order valence-corrected chi connectivity index (χ1v) is 5.19. The fraction of sp³-hybridized carbons (Fsp3) is 0.455. The molecule has 2 heterocycles. The molecular weight excluding hydrogens is 204 g/mol. The monoisotopic (exact) mass is 218 g/mol. The van der Waals surface area contributed by atoms with Gasteiger partial charge in [-0.15, -0.1) is 0 Å². The number of pyridine rings is 1. The summed E-state index contributed by atoms with van der Waals surface area (Å²) in [6.07, 6.45) is 1.22. The van der Waals surface area contributed by atoms with Gasteiger partial charge in [0.15, 0.2) is 5.69 Å². The Morgan fingerprint density at radius 3 is 3.06 bits per heavy atom. The summed E-state index contributed by atoms with van der Waals surface area (Å²) in [5, 5.41) is 9.00. The zero-order valence-corrected chi connectivity index (χ0v) is 9.18. The number of anilines is 2. The third-order valence-electron chi connectivity index (χ3n) is 2.82. The van der Waals surface area contributed by atoms with Gasteiger partial charge >= 0.3 is 0 Å². The molecule has 16 heavy (non-hydrogen) atoms. The molecule has 5 heteroatoms. The van der Waals surface area contributed by atoms with E-state index in [9.17, 15) is 0 Å². The van der Waals surface area contributed by atoms with E-state index in [1.165, 1.54) is 0 Å². The second kappa shape index (κ2) is 4.37. The van der Waals surface area contributed by atoms with Crippen molar-refractivity contribution in [1.29, 1.82) is 5.26 Å². The predicted molar refractivity (Wildman–Crippen MR) is 61.0 cm³/mol. The van der Waals surface area contributed by atoms with E-state index in [0.717, 1.165) is 25.2 Å². The minimum absolute atomic E-state index is 0.240. The summed E-state index contributed by atoms with van der Waals surface area (Å²) in [5.41, 5.74) is 6.78. The fourth-order valence-corrected chi connectivity index (χ4v) is 1.94. The standard InChI is InChI=1S/C11H14N4O/c1-16-8-4-5-15(7-8)10-2-3-11(13)14-9(10)6-12/h2-3,8H,4-5,7H2,1H3,(H2,13,14)/t8-/m0/s1. The Bertz CT molecular complexity index is 426. The van der Waals surface area contributed by atoms with E-state index in [1.807, 2.05) is 6.07 Å². The molecule has 1 aromatic heterocycles. The van der Waals surface area contributed by atoms with Gasteiger partial charge in [-0.25, -0.2) is 4.98 Å². The van der Waals surface area contributed by atoms with E-state index in [-0.39, 0.29) is 6.10 Å². The molecule has 0 bridgehead atoms. The second-order valence-electron chi connectivity index (χ2n) is 3.81. The first kappa shape index (κ1) is 10.7. The molecule has 0 spiro atoms. The van der Waals surface area contributed by atoms with E-state index >= 15 is 0 Å². The first-order chi connectivity index (χ1) is 7.74. The summed E-state index contributed by atoms with van der Waals surface area (Å²) in [6.45, 7) is 1.69. The third-order valence-corrected chi connectivity index (χ3v) is 2.82. The summed E-state index contributed by atoms with van der Waals surface area (Å²) in [6, 6.07) is 5.64. The number of nitrogens with two attached hydrogens (primary N) is 1. The second-order valence-corrected chi connectivity index (χ2v) is 3.81. The molecule has 2 rings (SSSR count). The fourth-order valence-electron chi connectivity index (χ4n) is 1.94. The molecule has 1 aromatic rings. The van der Waals surface area contributed by atoms with Gasteiger partial charge in [0.05, 0.1) is 11.8 Å². The van der Waals surface area contributed by atoms with Crippen molar-refractivity contribution in [3.8, 4) is 6.07 Å². The van der Waals surface area contributed by atoms with Crippen LogP contribution in [0.25, 0.3) is 0 Å². The van der Waals surface area contributed by atoms with Gasteiger partial charge in [0.1, 0.15) is 11.9 Å². The lowest BCUT2D eigenvalue weighted by Crippen LogP contribution is -2.23. The van der Waals surface area contributed by atoms with Crippen LogP contribution in [0.5, 0.6) is 0 Å². The van der Waals surface area contributed by atoms with Gasteiger partial charge in [-0.05, 0) is 18.6 Å². The van der Waals surface area contributed by atoms with Crippen molar-refractivity contribution in [3.63, 3.8) is 0 Å². The van der Waals surface area contributed by atoms with Crippen LogP contribution in [0, 0.1) is 11.3 Å². The van der Waals surface area contributed by atoms with Crippen LogP contribution in [0.4, 0.5) is 11.5 Å². The lowest BCUT2D eigenvalue weighted by molar-refractivity contribution is 0.121. The number of ether oxygens (including phenoxy) is 1. The van der Waals surface area contributed by atoms with E-state index in [1.54, 1.807) is 13.2 Å². The molecule has 0 saturated carbocycles. The summed E-state index contributed by atoms with van der Waals surface area (Å²) in [5.74, 6) is 0.378. The van der Waals surface area contributed by atoms with Crippen LogP contribution in [0.15, 0.2) is 12.1 Å². The predicted octanol–water partition coefficient (Wildman–Crippen LogP) is 0.761. The zero-order chi connectivity index (χ0) is 11.5. The Morgan fingerprint density at radius 2 is 2.44 bits per heavy atom. The van der Waals surface area contributed by atoms with Crippen LogP contribution >= 0.6 is 0 Å². The number of nitrogen functional groups attached to an aromatic ring is 1. The van der Waals surface area contributed by atoms with Crippen molar-refractivity contribution in [1.82, 2.24) is 4.98 Å². The van der Waals surface area contributed by atoms with Crippen molar-refractivity contribution in [2.45, 2.75) is 12.5 Å². The summed E-state index contributed by atoms with van der Waals surface area (Å²) < 4.78 is 5.29. The van der Waals surface area contributed by atoms with Gasteiger partial charge in [0, 0.05) is 20.2 Å². The van der Waals surface area contributed by atoms with E-state index < -0.39 is 0 Å². The third kappa shape index (κ3) is 1.92. The summed E-state index contributed by atoms with van der Waals surface area (Å²) in [7, 11) is 1.71. The highest BCUT2D eigenvalue weighted by Gasteiger charge is 2.24. The summed E-state index contributed by atoms with van der Waals surface area (Å²) in [4.78, 5) is 6.13. The number of rotatable bonds is 2. The topological polar surface area (TPSA) is 75.2 Å². The van der Waals surface area contributed by atoms with Gasteiger partial charge in [-0.3, -0.25) is 0 Å². The van der Waals surface area contributed by atoms with Gasteiger partial charge in [0.2, 0.25) is 0 Å². The number of hydrogen-bond acceptors (Lipinski definition) is 5. The average Bonchev–Trinajstić information content (AvgIpc) is 2.77. The van der Waals surface area contributed by atoms with Crippen LogP contribution in [-0.2, 0) is 4.74 Å². The van der Waals surface area contributed by atoms with Crippen molar-refractivity contribution >= 4 is 11.5 Å². The number of nitrogens with zero attached hydrogens (tertiary/aromatic N) is 3. The highest BCUT2D eigenvalue weighted by atomic mass is 16.5. The molecule has 1 aliphatic heterocycles. The first-order valence-electron chi connectivity index (χ1n) is 5.19. The number of methoxy groups -OCH3 is 1. The Balaban J connectivity index is 2.25. The minimum Gasteiger partial charge on any atom is -0.384 e. The largest absolute Gasteiger partial charge is 0.384 e. The Kier molecular flexibility index (Phi) is 2.93. The highest BCUT2D eigenvalue weighted by molar-refractivity contribution is 5.59. The van der Waals surface area contributed by atoms with Gasteiger partial charge in [-0.2, -0.15) is 5.26 Å². The van der Waals surface area contributed by atoms with Crippen molar-refractivity contribution < 1.29 is 4.74 Å². The van der Waals surface area contributed by atoms with Crippen molar-refractivity contribution in [2.24, 2.45) is 0 Å². The van der Waals surface area contributed by atoms with Crippen molar-refractivity contribution in [3.05, 3.63) is 17.8 Å². The maximum absolute atomic E-state index is 9.00. The Morgan fingerprint density at radius 1 is 1.62 bits per heavy atom. The Hall–Kier alpha value is -1.80. The molecule has 1 atom stereocenters. The molecule has 0 aromatic carbocycles. The van der Waals surface area contributed by atoms with Gasteiger partial charge in [-0.1, -0.05) is 0 Å². The van der Waals surface area contributed by atoms with E-state index in [2.05, 4.69) is 16.0 Å². The molecule has 0 aliphatic carbocycles. The van der Waals surface area contributed by atoms with Crippen LogP contribution in [0.2, 0.25) is 0 Å². The average molecular weight is 218 g/mol. The van der Waals surface area contributed by atoms with E-state index in [4.69, 9.17) is 15.7 Å². The molecule has 5 nitrogen and oxygen atoms in total. The zero-order valence-electron chi connectivity index (χ0n) is 9.18. The maximum atomic E-state index is 9.00. The molecule has 2 N–H and O–H groups in total. The summed E-state index contributed by atoms with van der Waals surface area (Å²) >= 11 is 0. The molecule has 0 unspecified atom stereocenters. The Labute approximate surface area is 94.4 Å². The van der Waals surface area contributed by atoms with Gasteiger partial charge in [0.25, 0.3) is 0 Å². The van der Waals surface area contributed by atoms with Crippen LogP contribution in [-0.4, -0.2) is 31.3 Å². The molecular formula is C11H14N4O. The quantitative estimate of drug-likeness (QED) is 0.793. The molecule has 1 saturated heterocycles. The van der Waals surface area contributed by atoms with Crippen LogP contribution in [0.1, 0.15) is 12.1 Å². The van der Waals surface area contributed by atoms with Crippen molar-refractivity contribution in [2.75, 3.05) is 30.8 Å². The number of hydrogen-bond donors (Lipinski definition) is 1. The number of nitriles is 1. The lowest BCUT2D eigenvalue weighted by atomic mass is 10.3. The smallest absolute Gasteiger partial charge is 0.166 e. The molecule has 0 amide bonds. The minimum atomic E-state index is 0.240. The normalized spacial score (nSPS) is 19.8. The molecule has 0 radical (unpaired) electrons. The molecule has 1 aliphatic rings. The maximum Gasteiger partial charge on any atom is 0.166 e. The van der Waals surface area contributed by atoms with E-state index in [0.29, 0.717) is 11.5 Å². The number of aromatic nitrogens is 1. The highest BCUT2D eigenvalue weighted by Crippen LogP contribution is 2.24. The van der Waals surface area contributed by atoms with Crippen LogP contribution < -0.4 is 10.6 Å². The molecule has 1 fully saturated rings. The van der Waals surface area contributed by atoms with Gasteiger partial charge < -0.3 is 15.4 Å². The molecule has 84 valence electrons. The van der Waals surface area contributed by atoms with Crippen LogP contribution in [0.3, 0.4) is 0 Å².